The van der Waals surface area contributed by atoms with Crippen molar-refractivity contribution < 1.29 is 4.42 Å². The standard InChI is InChI=1S/C10H18N2OS/c1-10(2,3)14-7-8(12-11)9-5-4-6-13-9/h4-6,8,12H,7,11H2,1-3H3. The van der Waals surface area contributed by atoms with Gasteiger partial charge in [-0.15, -0.1) is 0 Å². The van der Waals surface area contributed by atoms with Crippen LogP contribution in [-0.2, 0) is 0 Å². The summed E-state index contributed by atoms with van der Waals surface area (Å²) in [5, 5.41) is 0. The smallest absolute Gasteiger partial charge is 0.122 e. The van der Waals surface area contributed by atoms with Crippen LogP contribution in [0, 0.1) is 0 Å². The summed E-state index contributed by atoms with van der Waals surface area (Å²) >= 11 is 1.86. The molecule has 4 heteroatoms. The lowest BCUT2D eigenvalue weighted by molar-refractivity contribution is 0.440. The fourth-order valence-electron chi connectivity index (χ4n) is 1.04. The van der Waals surface area contributed by atoms with E-state index in [-0.39, 0.29) is 10.8 Å². The zero-order valence-electron chi connectivity index (χ0n) is 8.91. The second-order valence-corrected chi connectivity index (χ2v) is 6.00. The zero-order valence-corrected chi connectivity index (χ0v) is 9.73. The number of hydrazine groups is 1. The van der Waals surface area contributed by atoms with E-state index in [2.05, 4.69) is 26.2 Å². The fraction of sp³-hybridized carbons (Fsp3) is 0.600. The number of hydrogen-bond acceptors (Lipinski definition) is 4. The van der Waals surface area contributed by atoms with Crippen molar-refractivity contribution in [3.63, 3.8) is 0 Å². The van der Waals surface area contributed by atoms with Crippen molar-refractivity contribution in [2.24, 2.45) is 5.84 Å². The molecule has 0 fully saturated rings. The molecule has 0 radical (unpaired) electrons. The average molecular weight is 214 g/mol. The van der Waals surface area contributed by atoms with E-state index >= 15 is 0 Å². The van der Waals surface area contributed by atoms with Crippen LogP contribution in [0.4, 0.5) is 0 Å². The molecule has 1 aromatic heterocycles. The van der Waals surface area contributed by atoms with Crippen LogP contribution in [0.25, 0.3) is 0 Å². The molecule has 0 spiro atoms. The van der Waals surface area contributed by atoms with Gasteiger partial charge in [-0.25, -0.2) is 5.43 Å². The predicted molar refractivity (Wildman–Crippen MR) is 61.0 cm³/mol. The van der Waals surface area contributed by atoms with Crippen molar-refractivity contribution in [2.75, 3.05) is 5.75 Å². The van der Waals surface area contributed by atoms with Crippen LogP contribution in [0.3, 0.4) is 0 Å². The minimum atomic E-state index is 0.0919. The molecule has 0 aliphatic heterocycles. The molecule has 14 heavy (non-hydrogen) atoms. The van der Waals surface area contributed by atoms with Gasteiger partial charge in [0, 0.05) is 10.5 Å². The highest BCUT2D eigenvalue weighted by atomic mass is 32.2. The molecule has 1 atom stereocenters. The van der Waals surface area contributed by atoms with Gasteiger partial charge in [0.15, 0.2) is 0 Å². The highest BCUT2D eigenvalue weighted by molar-refractivity contribution is 8.00. The van der Waals surface area contributed by atoms with E-state index in [1.807, 2.05) is 23.9 Å². The number of furan rings is 1. The SMILES string of the molecule is CC(C)(C)SCC(NN)c1ccco1. The first-order valence-corrected chi connectivity index (χ1v) is 5.65. The van der Waals surface area contributed by atoms with Crippen LogP contribution in [0.5, 0.6) is 0 Å². The fourth-order valence-corrected chi connectivity index (χ4v) is 1.96. The number of thioether (sulfide) groups is 1. The van der Waals surface area contributed by atoms with E-state index in [9.17, 15) is 0 Å². The molecular formula is C10H18N2OS. The van der Waals surface area contributed by atoms with Gasteiger partial charge >= 0.3 is 0 Å². The Balaban J connectivity index is 2.49. The van der Waals surface area contributed by atoms with Crippen molar-refractivity contribution >= 4 is 11.8 Å². The molecule has 0 aliphatic carbocycles. The molecule has 0 aliphatic rings. The topological polar surface area (TPSA) is 51.2 Å². The van der Waals surface area contributed by atoms with Crippen molar-refractivity contribution in [2.45, 2.75) is 31.6 Å². The lowest BCUT2D eigenvalue weighted by atomic mass is 10.2. The van der Waals surface area contributed by atoms with Crippen LogP contribution in [0.1, 0.15) is 32.6 Å². The number of rotatable bonds is 4. The van der Waals surface area contributed by atoms with E-state index < -0.39 is 0 Å². The molecule has 0 saturated carbocycles. The third-order valence-corrected chi connectivity index (χ3v) is 3.14. The highest BCUT2D eigenvalue weighted by Crippen LogP contribution is 2.28. The van der Waals surface area contributed by atoms with Gasteiger partial charge in [0.2, 0.25) is 0 Å². The summed E-state index contributed by atoms with van der Waals surface area (Å²) in [7, 11) is 0. The molecule has 1 rings (SSSR count). The molecule has 0 amide bonds. The second-order valence-electron chi connectivity index (χ2n) is 4.16. The molecule has 0 bridgehead atoms. The van der Waals surface area contributed by atoms with Crippen LogP contribution >= 0.6 is 11.8 Å². The molecule has 0 saturated heterocycles. The molecule has 1 aromatic rings. The first-order valence-electron chi connectivity index (χ1n) is 4.66. The normalized spacial score (nSPS) is 14.3. The van der Waals surface area contributed by atoms with Crippen LogP contribution < -0.4 is 11.3 Å². The Morgan fingerprint density at radius 2 is 2.29 bits per heavy atom. The minimum Gasteiger partial charge on any atom is -0.468 e. The van der Waals surface area contributed by atoms with Crippen LogP contribution in [-0.4, -0.2) is 10.5 Å². The molecule has 80 valence electrons. The maximum Gasteiger partial charge on any atom is 0.122 e. The van der Waals surface area contributed by atoms with Gasteiger partial charge in [0.25, 0.3) is 0 Å². The first kappa shape index (κ1) is 11.6. The molecule has 0 aromatic carbocycles. The van der Waals surface area contributed by atoms with E-state index in [1.165, 1.54) is 0 Å². The van der Waals surface area contributed by atoms with Crippen molar-refractivity contribution in [3.8, 4) is 0 Å². The maximum absolute atomic E-state index is 5.47. The average Bonchev–Trinajstić information content (AvgIpc) is 2.56. The lowest BCUT2D eigenvalue weighted by Gasteiger charge is -2.21. The van der Waals surface area contributed by atoms with Crippen molar-refractivity contribution in [1.82, 2.24) is 5.43 Å². The van der Waals surface area contributed by atoms with Crippen LogP contribution in [0.2, 0.25) is 0 Å². The zero-order chi connectivity index (χ0) is 10.6. The summed E-state index contributed by atoms with van der Waals surface area (Å²) in [4.78, 5) is 0. The van der Waals surface area contributed by atoms with Crippen molar-refractivity contribution in [3.05, 3.63) is 24.2 Å². The molecule has 1 unspecified atom stereocenters. The minimum absolute atomic E-state index is 0.0919. The third-order valence-electron chi connectivity index (χ3n) is 1.77. The van der Waals surface area contributed by atoms with Crippen molar-refractivity contribution in [1.29, 1.82) is 0 Å². The monoisotopic (exact) mass is 214 g/mol. The number of nitrogens with one attached hydrogen (secondary N) is 1. The Morgan fingerprint density at radius 3 is 2.71 bits per heavy atom. The number of hydrogen-bond donors (Lipinski definition) is 2. The van der Waals surface area contributed by atoms with Gasteiger partial charge in [-0.2, -0.15) is 11.8 Å². The van der Waals surface area contributed by atoms with Gasteiger partial charge in [-0.3, -0.25) is 5.84 Å². The Morgan fingerprint density at radius 1 is 1.57 bits per heavy atom. The summed E-state index contributed by atoms with van der Waals surface area (Å²) in [5.74, 6) is 7.27. The quantitative estimate of drug-likeness (QED) is 0.596. The Kier molecular flexibility index (Phi) is 4.04. The van der Waals surface area contributed by atoms with Gasteiger partial charge in [-0.05, 0) is 12.1 Å². The predicted octanol–water partition coefficient (Wildman–Crippen LogP) is 2.32. The van der Waals surface area contributed by atoms with Gasteiger partial charge in [-0.1, -0.05) is 20.8 Å². The lowest BCUT2D eigenvalue weighted by Crippen LogP contribution is -2.30. The summed E-state index contributed by atoms with van der Waals surface area (Å²) in [6.07, 6.45) is 1.67. The first-order chi connectivity index (χ1) is 6.53. The second kappa shape index (κ2) is 4.87. The summed E-state index contributed by atoms with van der Waals surface area (Å²) in [5.41, 5.74) is 2.76. The summed E-state index contributed by atoms with van der Waals surface area (Å²) in [6.45, 7) is 6.56. The van der Waals surface area contributed by atoms with Gasteiger partial charge < -0.3 is 4.42 Å². The van der Waals surface area contributed by atoms with Gasteiger partial charge in [0.1, 0.15) is 5.76 Å². The Labute approximate surface area is 89.4 Å². The molecule has 1 heterocycles. The maximum atomic E-state index is 5.47. The Hall–Kier alpha value is -0.450. The van der Waals surface area contributed by atoms with Gasteiger partial charge in [0.05, 0.1) is 12.3 Å². The molecule has 3 N–H and O–H groups in total. The molecular weight excluding hydrogens is 196 g/mol. The van der Waals surface area contributed by atoms with E-state index in [1.54, 1.807) is 6.26 Å². The highest BCUT2D eigenvalue weighted by Gasteiger charge is 2.17. The van der Waals surface area contributed by atoms with E-state index in [4.69, 9.17) is 10.3 Å². The summed E-state index contributed by atoms with van der Waals surface area (Å²) in [6, 6.07) is 3.91. The van der Waals surface area contributed by atoms with Crippen LogP contribution in [0.15, 0.2) is 22.8 Å². The Bertz CT molecular complexity index is 254. The largest absolute Gasteiger partial charge is 0.468 e. The third kappa shape index (κ3) is 3.74. The van der Waals surface area contributed by atoms with E-state index in [0.717, 1.165) is 11.5 Å². The number of nitrogens with two attached hydrogens (primary N) is 1. The summed E-state index contributed by atoms with van der Waals surface area (Å²) < 4.78 is 5.55. The molecule has 3 nitrogen and oxygen atoms in total. The van der Waals surface area contributed by atoms with E-state index in [0.29, 0.717) is 0 Å².